The van der Waals surface area contributed by atoms with Crippen LogP contribution in [0.2, 0.25) is 0 Å². The second-order valence-corrected chi connectivity index (χ2v) is 5.09. The highest BCUT2D eigenvalue weighted by molar-refractivity contribution is 5.92. The summed E-state index contributed by atoms with van der Waals surface area (Å²) in [5, 5.41) is 2.95. The molecular weight excluding hydrogens is 274 g/mol. The maximum absolute atomic E-state index is 12.4. The fourth-order valence-corrected chi connectivity index (χ4v) is 2.33. The molecule has 3 rings (SSSR count). The Balaban J connectivity index is 1.77. The lowest BCUT2D eigenvalue weighted by Crippen LogP contribution is -2.25. The summed E-state index contributed by atoms with van der Waals surface area (Å²) < 4.78 is 1.78. The van der Waals surface area contributed by atoms with Crippen LogP contribution in [0.3, 0.4) is 0 Å². The number of hydrogen-bond acceptors (Lipinski definition) is 2. The second kappa shape index (κ2) is 6.26. The molecule has 0 atom stereocenters. The summed E-state index contributed by atoms with van der Waals surface area (Å²) >= 11 is 0. The first kappa shape index (κ1) is 14.1. The summed E-state index contributed by atoms with van der Waals surface area (Å²) in [6, 6.07) is 17.7. The molecule has 1 amide bonds. The van der Waals surface area contributed by atoms with Crippen molar-refractivity contribution in [1.82, 2.24) is 14.9 Å². The van der Waals surface area contributed by atoms with Gasteiger partial charge in [-0.05, 0) is 30.2 Å². The van der Waals surface area contributed by atoms with Gasteiger partial charge >= 0.3 is 0 Å². The predicted octanol–water partition coefficient (Wildman–Crippen LogP) is 3.11. The van der Waals surface area contributed by atoms with Crippen molar-refractivity contribution in [3.8, 4) is 5.69 Å². The lowest BCUT2D eigenvalue weighted by molar-refractivity contribution is 0.0944. The molecule has 0 aliphatic rings. The van der Waals surface area contributed by atoms with Gasteiger partial charge < -0.3 is 5.32 Å². The molecule has 0 radical (unpaired) electrons. The lowest BCUT2D eigenvalue weighted by atomic mass is 10.1. The average Bonchev–Trinajstić information content (AvgIpc) is 3.04. The van der Waals surface area contributed by atoms with Crippen LogP contribution in [0.5, 0.6) is 0 Å². The number of hydrogen-bond donors (Lipinski definition) is 1. The zero-order valence-electron chi connectivity index (χ0n) is 12.4. The maximum atomic E-state index is 12.4. The molecule has 1 aromatic heterocycles. The van der Waals surface area contributed by atoms with E-state index in [1.807, 2.05) is 61.5 Å². The number of carbonyl (C=O) groups is 1. The van der Waals surface area contributed by atoms with Gasteiger partial charge in [0.15, 0.2) is 0 Å². The highest BCUT2D eigenvalue weighted by atomic mass is 16.1. The molecule has 0 bridgehead atoms. The Bertz CT molecular complexity index is 778. The Morgan fingerprint density at radius 3 is 2.59 bits per heavy atom. The number of imidazole rings is 1. The molecule has 0 saturated carbocycles. The molecule has 0 spiro atoms. The number of nitrogens with one attached hydrogen (secondary N) is 1. The van der Waals surface area contributed by atoms with E-state index in [1.54, 1.807) is 17.1 Å². The highest BCUT2D eigenvalue weighted by Crippen LogP contribution is 2.11. The molecule has 2 aromatic carbocycles. The molecule has 3 aromatic rings. The summed E-state index contributed by atoms with van der Waals surface area (Å²) in [5.41, 5.74) is 3.72. The number of rotatable bonds is 4. The molecule has 22 heavy (non-hydrogen) atoms. The molecule has 0 saturated heterocycles. The largest absolute Gasteiger partial charge is 0.347 e. The molecule has 0 aliphatic carbocycles. The highest BCUT2D eigenvalue weighted by Gasteiger charge is 2.12. The van der Waals surface area contributed by atoms with E-state index < -0.39 is 0 Å². The monoisotopic (exact) mass is 291 g/mol. The van der Waals surface area contributed by atoms with Crippen LogP contribution in [0.1, 0.15) is 21.6 Å². The van der Waals surface area contributed by atoms with Crippen LogP contribution in [0.4, 0.5) is 0 Å². The van der Waals surface area contributed by atoms with Crippen LogP contribution < -0.4 is 5.32 Å². The smallest absolute Gasteiger partial charge is 0.270 e. The number of nitrogens with zero attached hydrogens (tertiary/aromatic N) is 2. The fourth-order valence-electron chi connectivity index (χ4n) is 2.33. The third-order valence-corrected chi connectivity index (χ3v) is 3.61. The van der Waals surface area contributed by atoms with Gasteiger partial charge in [0.05, 0.1) is 12.5 Å². The topological polar surface area (TPSA) is 46.9 Å². The summed E-state index contributed by atoms with van der Waals surface area (Å²) in [4.78, 5) is 16.5. The number of amides is 1. The van der Waals surface area contributed by atoms with E-state index in [0.29, 0.717) is 12.2 Å². The predicted molar refractivity (Wildman–Crippen MR) is 85.9 cm³/mol. The molecule has 4 heteroatoms. The number of carbonyl (C=O) groups excluding carboxylic acids is 1. The zero-order chi connectivity index (χ0) is 15.4. The average molecular weight is 291 g/mol. The van der Waals surface area contributed by atoms with Crippen LogP contribution >= 0.6 is 0 Å². The standard InChI is InChI=1S/C18H17N3O/c1-14-7-5-6-8-15(14)11-20-18(22)17-12-19-13-21(17)16-9-3-2-4-10-16/h2-10,12-13H,11H2,1H3,(H,20,22). The molecule has 0 fully saturated rings. The Morgan fingerprint density at radius 1 is 1.09 bits per heavy atom. The van der Waals surface area contributed by atoms with Gasteiger partial charge in [0, 0.05) is 12.2 Å². The second-order valence-electron chi connectivity index (χ2n) is 5.09. The first-order chi connectivity index (χ1) is 10.8. The number of benzene rings is 2. The van der Waals surface area contributed by atoms with Gasteiger partial charge in [-0.25, -0.2) is 4.98 Å². The van der Waals surface area contributed by atoms with Gasteiger partial charge in [-0.1, -0.05) is 42.5 Å². The van der Waals surface area contributed by atoms with Crippen molar-refractivity contribution in [2.45, 2.75) is 13.5 Å². The Kier molecular flexibility index (Phi) is 4.01. The minimum absolute atomic E-state index is 0.135. The van der Waals surface area contributed by atoms with E-state index in [1.165, 1.54) is 5.56 Å². The molecular formula is C18H17N3O. The third-order valence-electron chi connectivity index (χ3n) is 3.61. The normalized spacial score (nSPS) is 10.4. The number of aryl methyl sites for hydroxylation is 1. The van der Waals surface area contributed by atoms with E-state index in [2.05, 4.69) is 10.3 Å². The molecule has 0 unspecified atom stereocenters. The Labute approximate surface area is 129 Å². The van der Waals surface area contributed by atoms with Gasteiger partial charge in [0.1, 0.15) is 5.69 Å². The zero-order valence-corrected chi connectivity index (χ0v) is 12.4. The van der Waals surface area contributed by atoms with E-state index in [-0.39, 0.29) is 5.91 Å². The third kappa shape index (κ3) is 2.91. The quantitative estimate of drug-likeness (QED) is 0.803. The minimum atomic E-state index is -0.135. The first-order valence-electron chi connectivity index (χ1n) is 7.16. The van der Waals surface area contributed by atoms with Crippen LogP contribution in [0.15, 0.2) is 67.1 Å². The Morgan fingerprint density at radius 2 is 1.82 bits per heavy atom. The van der Waals surface area contributed by atoms with Crippen molar-refractivity contribution in [3.63, 3.8) is 0 Å². The molecule has 110 valence electrons. The van der Waals surface area contributed by atoms with Crippen LogP contribution in [0, 0.1) is 6.92 Å². The summed E-state index contributed by atoms with van der Waals surface area (Å²) in [6.45, 7) is 2.54. The lowest BCUT2D eigenvalue weighted by Gasteiger charge is -2.10. The van der Waals surface area contributed by atoms with Gasteiger partial charge in [-0.2, -0.15) is 0 Å². The summed E-state index contributed by atoms with van der Waals surface area (Å²) in [6.07, 6.45) is 3.23. The Hall–Kier alpha value is -2.88. The van der Waals surface area contributed by atoms with E-state index in [0.717, 1.165) is 11.3 Å². The maximum Gasteiger partial charge on any atom is 0.270 e. The number of para-hydroxylation sites is 1. The van der Waals surface area contributed by atoms with Gasteiger partial charge in [0.25, 0.3) is 5.91 Å². The minimum Gasteiger partial charge on any atom is -0.347 e. The van der Waals surface area contributed by atoms with E-state index in [4.69, 9.17) is 0 Å². The van der Waals surface area contributed by atoms with Crippen LogP contribution in [-0.4, -0.2) is 15.5 Å². The fraction of sp³-hybridized carbons (Fsp3) is 0.111. The van der Waals surface area contributed by atoms with Crippen LogP contribution in [-0.2, 0) is 6.54 Å². The van der Waals surface area contributed by atoms with Crippen LogP contribution in [0.25, 0.3) is 5.69 Å². The summed E-state index contributed by atoms with van der Waals surface area (Å²) in [7, 11) is 0. The van der Waals surface area contributed by atoms with E-state index in [9.17, 15) is 4.79 Å². The summed E-state index contributed by atoms with van der Waals surface area (Å²) in [5.74, 6) is -0.135. The van der Waals surface area contributed by atoms with Crippen molar-refractivity contribution < 1.29 is 4.79 Å². The van der Waals surface area contributed by atoms with Gasteiger partial charge in [-0.3, -0.25) is 9.36 Å². The van der Waals surface area contributed by atoms with Gasteiger partial charge in [0.2, 0.25) is 0 Å². The first-order valence-corrected chi connectivity index (χ1v) is 7.16. The molecule has 4 nitrogen and oxygen atoms in total. The van der Waals surface area contributed by atoms with Crippen molar-refractivity contribution in [2.24, 2.45) is 0 Å². The molecule has 0 aliphatic heterocycles. The van der Waals surface area contributed by atoms with Gasteiger partial charge in [-0.15, -0.1) is 0 Å². The number of aromatic nitrogens is 2. The van der Waals surface area contributed by atoms with E-state index >= 15 is 0 Å². The van der Waals surface area contributed by atoms with Crippen molar-refractivity contribution in [1.29, 1.82) is 0 Å². The molecule has 1 N–H and O–H groups in total. The van der Waals surface area contributed by atoms with Crippen molar-refractivity contribution in [3.05, 3.63) is 83.9 Å². The van der Waals surface area contributed by atoms with Crippen molar-refractivity contribution in [2.75, 3.05) is 0 Å². The molecule has 1 heterocycles. The van der Waals surface area contributed by atoms with Crippen molar-refractivity contribution >= 4 is 5.91 Å². The SMILES string of the molecule is Cc1ccccc1CNC(=O)c1cncn1-c1ccccc1.